The van der Waals surface area contributed by atoms with E-state index in [1.807, 2.05) is 12.1 Å². The van der Waals surface area contributed by atoms with Crippen molar-refractivity contribution in [3.8, 4) is 0 Å². The van der Waals surface area contributed by atoms with Crippen molar-refractivity contribution in [2.45, 2.75) is 0 Å². The highest BCUT2D eigenvalue weighted by Gasteiger charge is 2.22. The van der Waals surface area contributed by atoms with E-state index in [4.69, 9.17) is 34.8 Å². The number of rotatable bonds is 2. The number of piperazine rings is 1. The molecule has 0 atom stereocenters. The highest BCUT2D eigenvalue weighted by Crippen LogP contribution is 2.25. The summed E-state index contributed by atoms with van der Waals surface area (Å²) in [6, 6.07) is 8.48. The first kappa shape index (κ1) is 18.1. The van der Waals surface area contributed by atoms with Crippen molar-refractivity contribution in [1.82, 2.24) is 24.7 Å². The summed E-state index contributed by atoms with van der Waals surface area (Å²) in [6.07, 6.45) is 0. The minimum absolute atomic E-state index is 0.182. The zero-order valence-corrected chi connectivity index (χ0v) is 16.2. The smallest absolute Gasteiger partial charge is 0.321 e. The topological polar surface area (TPSA) is 78.7 Å². The molecule has 2 amide bonds. The minimum Gasteiger partial charge on any atom is -0.352 e. The minimum atomic E-state index is -0.182. The van der Waals surface area contributed by atoms with Crippen molar-refractivity contribution < 1.29 is 4.79 Å². The number of anilines is 2. The fourth-order valence-corrected chi connectivity index (χ4v) is 3.30. The number of halogens is 3. The van der Waals surface area contributed by atoms with Crippen molar-refractivity contribution in [1.29, 1.82) is 0 Å². The van der Waals surface area contributed by atoms with Gasteiger partial charge in [0.15, 0.2) is 5.65 Å². The summed E-state index contributed by atoms with van der Waals surface area (Å²) in [4.78, 5) is 16.3. The number of fused-ring (bicyclic) bond motifs is 1. The number of aromatic nitrogens is 4. The monoisotopic (exact) mass is 425 g/mol. The molecule has 3 aromatic rings. The number of nitrogens with one attached hydrogen (secondary N) is 1. The molecule has 2 aromatic heterocycles. The molecule has 1 N–H and O–H groups in total. The zero-order chi connectivity index (χ0) is 19.0. The van der Waals surface area contributed by atoms with Crippen LogP contribution in [0.4, 0.5) is 16.3 Å². The lowest BCUT2D eigenvalue weighted by Gasteiger charge is -2.35. The molecule has 140 valence electrons. The van der Waals surface area contributed by atoms with Crippen LogP contribution in [0.2, 0.25) is 15.3 Å². The second-order valence-corrected chi connectivity index (χ2v) is 7.12. The first-order chi connectivity index (χ1) is 13.0. The van der Waals surface area contributed by atoms with Crippen LogP contribution >= 0.6 is 34.8 Å². The Balaban J connectivity index is 1.39. The second kappa shape index (κ2) is 7.38. The number of carbonyl (C=O) groups is 1. The zero-order valence-electron chi connectivity index (χ0n) is 13.9. The van der Waals surface area contributed by atoms with Gasteiger partial charge < -0.3 is 15.1 Å². The fraction of sp³-hybridized carbons (Fsp3) is 0.250. The Morgan fingerprint density at radius 3 is 2.48 bits per heavy atom. The van der Waals surface area contributed by atoms with E-state index in [1.165, 1.54) is 4.52 Å². The molecule has 1 fully saturated rings. The van der Waals surface area contributed by atoms with Gasteiger partial charge in [-0.2, -0.15) is 4.52 Å². The number of hydrogen-bond acceptors (Lipinski definition) is 5. The molecule has 0 unspecified atom stereocenters. The largest absolute Gasteiger partial charge is 0.352 e. The van der Waals surface area contributed by atoms with Crippen LogP contribution in [-0.4, -0.2) is 56.9 Å². The standard InChI is InChI=1S/C16H14Cl3N7O/c17-11-2-1-10(9-12(11)18)20-16(27)25-7-5-24(6-8-25)14-4-3-13-21-22-15(19)26(13)23-14/h1-4,9H,5-8H2,(H,20,27). The molecule has 0 radical (unpaired) electrons. The van der Waals surface area contributed by atoms with Gasteiger partial charge in [0.25, 0.3) is 0 Å². The molecule has 1 saturated heterocycles. The molecule has 8 nitrogen and oxygen atoms in total. The summed E-state index contributed by atoms with van der Waals surface area (Å²) >= 11 is 17.9. The first-order valence-electron chi connectivity index (χ1n) is 8.15. The average molecular weight is 427 g/mol. The lowest BCUT2D eigenvalue weighted by molar-refractivity contribution is 0.208. The molecule has 0 spiro atoms. The van der Waals surface area contributed by atoms with E-state index in [2.05, 4.69) is 25.5 Å². The molecule has 27 heavy (non-hydrogen) atoms. The summed E-state index contributed by atoms with van der Waals surface area (Å²) in [5.74, 6) is 0.758. The lowest BCUT2D eigenvalue weighted by atomic mass is 10.3. The van der Waals surface area contributed by atoms with Crippen molar-refractivity contribution in [3.05, 3.63) is 45.7 Å². The van der Waals surface area contributed by atoms with Crippen LogP contribution in [0.3, 0.4) is 0 Å². The maximum atomic E-state index is 12.5. The Kier molecular flexibility index (Phi) is 4.94. The Labute approximate surface area is 169 Å². The van der Waals surface area contributed by atoms with E-state index < -0.39 is 0 Å². The molecule has 0 saturated carbocycles. The Morgan fingerprint density at radius 2 is 1.74 bits per heavy atom. The molecule has 0 bridgehead atoms. The van der Waals surface area contributed by atoms with E-state index in [0.717, 1.165) is 5.82 Å². The molecule has 4 rings (SSSR count). The number of amides is 2. The predicted octanol–water partition coefficient (Wildman–Crippen LogP) is 3.44. The van der Waals surface area contributed by atoms with Crippen molar-refractivity contribution in [2.24, 2.45) is 0 Å². The van der Waals surface area contributed by atoms with Crippen LogP contribution in [0.5, 0.6) is 0 Å². The summed E-state index contributed by atoms with van der Waals surface area (Å²) in [5.41, 5.74) is 1.19. The van der Waals surface area contributed by atoms with E-state index in [1.54, 1.807) is 23.1 Å². The molecule has 1 aromatic carbocycles. The van der Waals surface area contributed by atoms with Crippen LogP contribution in [0.15, 0.2) is 30.3 Å². The van der Waals surface area contributed by atoms with E-state index in [0.29, 0.717) is 47.6 Å². The van der Waals surface area contributed by atoms with Gasteiger partial charge in [-0.3, -0.25) is 0 Å². The first-order valence-corrected chi connectivity index (χ1v) is 9.28. The molecule has 1 aliphatic heterocycles. The third-order valence-electron chi connectivity index (χ3n) is 4.27. The van der Waals surface area contributed by atoms with Crippen LogP contribution in [0, 0.1) is 0 Å². The quantitative estimate of drug-likeness (QED) is 0.679. The maximum Gasteiger partial charge on any atom is 0.321 e. The van der Waals surface area contributed by atoms with Crippen molar-refractivity contribution in [2.75, 3.05) is 36.4 Å². The molecule has 0 aliphatic carbocycles. The van der Waals surface area contributed by atoms with Gasteiger partial charge >= 0.3 is 6.03 Å². The molecule has 11 heteroatoms. The van der Waals surface area contributed by atoms with Gasteiger partial charge in [0.1, 0.15) is 5.82 Å². The normalized spacial score (nSPS) is 14.6. The number of hydrogen-bond donors (Lipinski definition) is 1. The molecular formula is C16H14Cl3N7O. The lowest BCUT2D eigenvalue weighted by Crippen LogP contribution is -2.50. The van der Waals surface area contributed by atoms with E-state index in [-0.39, 0.29) is 11.3 Å². The number of nitrogens with zero attached hydrogens (tertiary/aromatic N) is 6. The van der Waals surface area contributed by atoms with Gasteiger partial charge in [-0.1, -0.05) is 23.2 Å². The van der Waals surface area contributed by atoms with E-state index >= 15 is 0 Å². The van der Waals surface area contributed by atoms with Gasteiger partial charge in [-0.05, 0) is 41.9 Å². The number of benzene rings is 1. The average Bonchev–Trinajstić information content (AvgIpc) is 3.05. The molecule has 1 aliphatic rings. The second-order valence-electron chi connectivity index (χ2n) is 5.96. The van der Waals surface area contributed by atoms with Gasteiger partial charge in [0.05, 0.1) is 10.0 Å². The van der Waals surface area contributed by atoms with Gasteiger partial charge in [-0.25, -0.2) is 4.79 Å². The highest BCUT2D eigenvalue weighted by molar-refractivity contribution is 6.42. The van der Waals surface area contributed by atoms with Crippen molar-refractivity contribution >= 4 is 58.0 Å². The van der Waals surface area contributed by atoms with Gasteiger partial charge in [0, 0.05) is 31.9 Å². The van der Waals surface area contributed by atoms with Crippen LogP contribution in [0.1, 0.15) is 0 Å². The van der Waals surface area contributed by atoms with Crippen LogP contribution in [-0.2, 0) is 0 Å². The SMILES string of the molecule is O=C(Nc1ccc(Cl)c(Cl)c1)N1CCN(c2ccc3nnc(Cl)n3n2)CC1. The summed E-state index contributed by atoms with van der Waals surface area (Å²) in [7, 11) is 0. The number of urea groups is 1. The summed E-state index contributed by atoms with van der Waals surface area (Å²) in [5, 5.41) is 16.0. The molecular weight excluding hydrogens is 413 g/mol. The van der Waals surface area contributed by atoms with Crippen LogP contribution in [0.25, 0.3) is 5.65 Å². The van der Waals surface area contributed by atoms with Crippen molar-refractivity contribution in [3.63, 3.8) is 0 Å². The van der Waals surface area contributed by atoms with E-state index in [9.17, 15) is 4.79 Å². The summed E-state index contributed by atoms with van der Waals surface area (Å²) < 4.78 is 1.49. The Morgan fingerprint density at radius 1 is 0.963 bits per heavy atom. The Hall–Kier alpha value is -2.29. The predicted molar refractivity (Wildman–Crippen MR) is 105 cm³/mol. The third kappa shape index (κ3) is 3.73. The fourth-order valence-electron chi connectivity index (χ4n) is 2.84. The third-order valence-corrected chi connectivity index (χ3v) is 5.25. The number of carbonyl (C=O) groups excluding carboxylic acids is 1. The van der Waals surface area contributed by atoms with Gasteiger partial charge in [0.2, 0.25) is 5.28 Å². The molecule has 3 heterocycles. The van der Waals surface area contributed by atoms with Gasteiger partial charge in [-0.15, -0.1) is 15.3 Å². The highest BCUT2D eigenvalue weighted by atomic mass is 35.5. The Bertz CT molecular complexity index is 1000. The summed E-state index contributed by atoms with van der Waals surface area (Å²) in [6.45, 7) is 2.41. The maximum absolute atomic E-state index is 12.5. The van der Waals surface area contributed by atoms with Crippen LogP contribution < -0.4 is 10.2 Å².